The fourth-order valence-corrected chi connectivity index (χ4v) is 5.05. The van der Waals surface area contributed by atoms with Gasteiger partial charge in [-0.25, -0.2) is 0 Å². The molecule has 0 radical (unpaired) electrons. The van der Waals surface area contributed by atoms with Gasteiger partial charge in [-0.2, -0.15) is 0 Å². The van der Waals surface area contributed by atoms with Gasteiger partial charge in [-0.1, -0.05) is 32.4 Å². The van der Waals surface area contributed by atoms with E-state index < -0.39 is 0 Å². The zero-order valence-electron chi connectivity index (χ0n) is 12.8. The topological polar surface area (TPSA) is 30.5 Å². The zero-order chi connectivity index (χ0) is 14.8. The van der Waals surface area contributed by atoms with Gasteiger partial charge in [0.2, 0.25) is 6.79 Å². The number of hydrogen-bond donors (Lipinski definition) is 1. The summed E-state index contributed by atoms with van der Waals surface area (Å²) in [4.78, 5) is 0. The fourth-order valence-electron chi connectivity index (χ4n) is 4.85. The molecule has 1 heterocycles. The summed E-state index contributed by atoms with van der Waals surface area (Å²) in [5.74, 6) is 2.34. The van der Waals surface area contributed by atoms with Crippen LogP contribution in [0.5, 0.6) is 11.5 Å². The van der Waals surface area contributed by atoms with Gasteiger partial charge in [0.05, 0.1) is 10.7 Å². The van der Waals surface area contributed by atoms with Crippen LogP contribution in [0.2, 0.25) is 5.02 Å². The minimum Gasteiger partial charge on any atom is -0.454 e. The van der Waals surface area contributed by atoms with E-state index in [4.69, 9.17) is 21.1 Å². The molecule has 4 heteroatoms. The van der Waals surface area contributed by atoms with Crippen LogP contribution in [0.4, 0.5) is 5.69 Å². The van der Waals surface area contributed by atoms with Gasteiger partial charge < -0.3 is 14.8 Å². The van der Waals surface area contributed by atoms with Crippen molar-refractivity contribution in [3.05, 3.63) is 17.2 Å². The summed E-state index contributed by atoms with van der Waals surface area (Å²) in [5.41, 5.74) is 1.63. The molecule has 0 spiro atoms. The molecule has 0 amide bonds. The first kappa shape index (κ1) is 13.6. The second kappa shape index (κ2) is 4.22. The lowest BCUT2D eigenvalue weighted by Crippen LogP contribution is -2.45. The molecule has 114 valence electrons. The summed E-state index contributed by atoms with van der Waals surface area (Å²) in [5, 5.41) is 4.44. The highest BCUT2D eigenvalue weighted by Gasteiger charge is 2.59. The predicted octanol–water partition coefficient (Wildman–Crippen LogP) is 4.70. The number of ether oxygens (including phenoxy) is 2. The zero-order valence-corrected chi connectivity index (χ0v) is 13.6. The third-order valence-corrected chi connectivity index (χ3v) is 6.34. The molecule has 3 atom stereocenters. The van der Waals surface area contributed by atoms with Crippen molar-refractivity contribution in [2.75, 3.05) is 12.1 Å². The van der Waals surface area contributed by atoms with E-state index in [1.54, 1.807) is 0 Å². The normalized spacial score (nSPS) is 35.2. The Morgan fingerprint density at radius 3 is 2.57 bits per heavy atom. The molecule has 2 bridgehead atoms. The quantitative estimate of drug-likeness (QED) is 0.859. The summed E-state index contributed by atoms with van der Waals surface area (Å²) in [7, 11) is 0. The van der Waals surface area contributed by atoms with Crippen molar-refractivity contribution < 1.29 is 9.47 Å². The molecule has 2 aliphatic carbocycles. The molecule has 1 aliphatic heterocycles. The molecule has 0 saturated heterocycles. The number of anilines is 1. The molecular weight excluding hydrogens is 286 g/mol. The van der Waals surface area contributed by atoms with E-state index in [9.17, 15) is 0 Å². The molecule has 21 heavy (non-hydrogen) atoms. The van der Waals surface area contributed by atoms with Crippen LogP contribution in [0, 0.1) is 16.7 Å². The van der Waals surface area contributed by atoms with Crippen molar-refractivity contribution in [3.63, 3.8) is 0 Å². The van der Waals surface area contributed by atoms with Crippen LogP contribution in [0.1, 0.15) is 40.0 Å². The smallest absolute Gasteiger partial charge is 0.231 e. The maximum atomic E-state index is 6.43. The highest BCUT2D eigenvalue weighted by atomic mass is 35.5. The van der Waals surface area contributed by atoms with E-state index in [-0.39, 0.29) is 6.79 Å². The molecule has 4 rings (SSSR count). The molecule has 1 N–H and O–H groups in total. The Morgan fingerprint density at radius 1 is 1.19 bits per heavy atom. The van der Waals surface area contributed by atoms with Crippen LogP contribution in [0.25, 0.3) is 0 Å². The monoisotopic (exact) mass is 307 g/mol. The van der Waals surface area contributed by atoms with Crippen molar-refractivity contribution in [2.45, 2.75) is 46.1 Å². The molecule has 3 aliphatic rings. The highest BCUT2D eigenvalue weighted by molar-refractivity contribution is 6.33. The Kier molecular flexibility index (Phi) is 2.73. The third-order valence-electron chi connectivity index (χ3n) is 6.03. The van der Waals surface area contributed by atoms with Crippen molar-refractivity contribution >= 4 is 17.3 Å². The van der Waals surface area contributed by atoms with Gasteiger partial charge >= 0.3 is 0 Å². The van der Waals surface area contributed by atoms with Crippen molar-refractivity contribution in [1.82, 2.24) is 0 Å². The summed E-state index contributed by atoms with van der Waals surface area (Å²) < 4.78 is 10.9. The number of nitrogens with one attached hydrogen (secondary N) is 1. The number of hydrogen-bond acceptors (Lipinski definition) is 3. The van der Waals surface area contributed by atoms with Crippen molar-refractivity contribution in [2.24, 2.45) is 16.7 Å². The van der Waals surface area contributed by atoms with Crippen LogP contribution in [0.15, 0.2) is 12.1 Å². The minimum atomic E-state index is 0.282. The second-order valence-corrected chi connectivity index (χ2v) is 8.08. The molecule has 2 saturated carbocycles. The molecular formula is C17H22ClNO2. The van der Waals surface area contributed by atoms with Crippen LogP contribution in [0.3, 0.4) is 0 Å². The van der Waals surface area contributed by atoms with Crippen LogP contribution < -0.4 is 14.8 Å². The number of halogens is 1. The van der Waals surface area contributed by atoms with E-state index in [1.807, 2.05) is 12.1 Å². The number of benzene rings is 1. The van der Waals surface area contributed by atoms with Crippen LogP contribution in [-0.2, 0) is 0 Å². The lowest BCUT2D eigenvalue weighted by atomic mass is 9.68. The Labute approximate surface area is 131 Å². The molecule has 0 aromatic heterocycles. The molecule has 1 aromatic carbocycles. The van der Waals surface area contributed by atoms with E-state index in [1.165, 1.54) is 19.3 Å². The van der Waals surface area contributed by atoms with E-state index >= 15 is 0 Å². The number of fused-ring (bicyclic) bond motifs is 3. The Morgan fingerprint density at radius 2 is 1.90 bits per heavy atom. The minimum absolute atomic E-state index is 0.282. The second-order valence-electron chi connectivity index (χ2n) is 7.68. The maximum absolute atomic E-state index is 6.43. The Hall–Kier alpha value is -1.09. The van der Waals surface area contributed by atoms with Crippen molar-refractivity contribution in [3.8, 4) is 11.5 Å². The lowest BCUT2D eigenvalue weighted by Gasteiger charge is -2.43. The first-order chi connectivity index (χ1) is 9.90. The molecule has 3 nitrogen and oxygen atoms in total. The van der Waals surface area contributed by atoms with E-state index in [0.717, 1.165) is 23.1 Å². The van der Waals surface area contributed by atoms with E-state index in [0.29, 0.717) is 21.9 Å². The van der Waals surface area contributed by atoms with E-state index in [2.05, 4.69) is 26.1 Å². The Bertz CT molecular complexity index is 596. The third kappa shape index (κ3) is 1.86. The van der Waals surface area contributed by atoms with Crippen LogP contribution in [-0.4, -0.2) is 12.8 Å². The fraction of sp³-hybridized carbons (Fsp3) is 0.647. The number of rotatable bonds is 2. The largest absolute Gasteiger partial charge is 0.454 e. The SMILES string of the molecule is CC1(C)C(Nc2cc3c(cc2Cl)OCO3)[C@]2(C)CC[C@H]1C2. The summed E-state index contributed by atoms with van der Waals surface area (Å²) >= 11 is 6.43. The summed E-state index contributed by atoms with van der Waals surface area (Å²) in [6.45, 7) is 7.48. The first-order valence-electron chi connectivity index (χ1n) is 7.76. The molecule has 1 aromatic rings. The maximum Gasteiger partial charge on any atom is 0.231 e. The average Bonchev–Trinajstić information content (AvgIpc) is 3.05. The van der Waals surface area contributed by atoms with Gasteiger partial charge in [0, 0.05) is 18.2 Å². The van der Waals surface area contributed by atoms with Gasteiger partial charge in [-0.3, -0.25) is 0 Å². The van der Waals surface area contributed by atoms with Gasteiger partial charge in [0.15, 0.2) is 11.5 Å². The summed E-state index contributed by atoms with van der Waals surface area (Å²) in [6.07, 6.45) is 3.98. The van der Waals surface area contributed by atoms with Crippen LogP contribution >= 0.6 is 11.6 Å². The van der Waals surface area contributed by atoms with Gasteiger partial charge in [0.25, 0.3) is 0 Å². The standard InChI is InChI=1S/C17H22ClNO2/c1-16(2)10-4-5-17(3,8-10)15(16)19-12-7-14-13(6-11(12)18)20-9-21-14/h6-7,10,15,19H,4-5,8-9H2,1-3H3/t10-,15?,17+/m0/s1. The first-order valence-corrected chi connectivity index (χ1v) is 8.14. The lowest BCUT2D eigenvalue weighted by molar-refractivity contribution is 0.155. The van der Waals surface area contributed by atoms with Gasteiger partial charge in [-0.15, -0.1) is 0 Å². The van der Waals surface area contributed by atoms with Gasteiger partial charge in [0.1, 0.15) is 0 Å². The summed E-state index contributed by atoms with van der Waals surface area (Å²) in [6, 6.07) is 4.28. The average molecular weight is 308 g/mol. The van der Waals surface area contributed by atoms with Crippen molar-refractivity contribution in [1.29, 1.82) is 0 Å². The highest BCUT2D eigenvalue weighted by Crippen LogP contribution is 2.63. The van der Waals surface area contributed by atoms with Gasteiger partial charge in [-0.05, 0) is 36.0 Å². The predicted molar refractivity (Wildman–Crippen MR) is 84.2 cm³/mol. The Balaban J connectivity index is 1.67. The molecule has 1 unspecified atom stereocenters. The molecule has 2 fully saturated rings.